The monoisotopic (exact) mass is 280 g/mol. The first-order valence-corrected chi connectivity index (χ1v) is 7.98. The second-order valence-electron chi connectivity index (χ2n) is 6.00. The summed E-state index contributed by atoms with van der Waals surface area (Å²) in [6, 6.07) is 4.33. The molecule has 1 aliphatic rings. The Balaban J connectivity index is 1.89. The smallest absolute Gasteiger partial charge is 0.225 e. The van der Waals surface area contributed by atoms with Crippen LogP contribution < -0.4 is 11.1 Å². The van der Waals surface area contributed by atoms with Gasteiger partial charge in [-0.1, -0.05) is 18.9 Å². The third kappa shape index (κ3) is 3.80. The van der Waals surface area contributed by atoms with Gasteiger partial charge in [0.25, 0.3) is 0 Å². The van der Waals surface area contributed by atoms with E-state index in [9.17, 15) is 4.79 Å². The highest BCUT2D eigenvalue weighted by Crippen LogP contribution is 2.31. The Morgan fingerprint density at radius 3 is 3.05 bits per heavy atom. The Morgan fingerprint density at radius 1 is 1.63 bits per heavy atom. The van der Waals surface area contributed by atoms with Gasteiger partial charge in [-0.25, -0.2) is 0 Å². The molecule has 1 aliphatic carbocycles. The van der Waals surface area contributed by atoms with Crippen LogP contribution in [0.25, 0.3) is 0 Å². The summed E-state index contributed by atoms with van der Waals surface area (Å²) < 4.78 is 0. The molecule has 0 radical (unpaired) electrons. The molecule has 1 saturated carbocycles. The zero-order valence-electron chi connectivity index (χ0n) is 11.8. The van der Waals surface area contributed by atoms with Crippen LogP contribution in [-0.2, 0) is 11.2 Å². The van der Waals surface area contributed by atoms with Crippen molar-refractivity contribution >= 4 is 17.2 Å². The quantitative estimate of drug-likeness (QED) is 0.891. The highest BCUT2D eigenvalue weighted by molar-refractivity contribution is 7.09. The third-order valence-electron chi connectivity index (χ3n) is 4.05. The Morgan fingerprint density at radius 2 is 2.42 bits per heavy atom. The van der Waals surface area contributed by atoms with Crippen molar-refractivity contribution in [3.05, 3.63) is 22.4 Å². The van der Waals surface area contributed by atoms with Gasteiger partial charge in [-0.15, -0.1) is 11.3 Å². The van der Waals surface area contributed by atoms with E-state index in [1.54, 1.807) is 11.3 Å². The van der Waals surface area contributed by atoms with Crippen LogP contribution in [-0.4, -0.2) is 17.5 Å². The molecule has 106 valence electrons. The predicted molar refractivity (Wildman–Crippen MR) is 80.2 cm³/mol. The van der Waals surface area contributed by atoms with Gasteiger partial charge in [-0.3, -0.25) is 4.79 Å². The number of amides is 1. The summed E-state index contributed by atoms with van der Waals surface area (Å²) in [5.74, 6) is 0.0980. The summed E-state index contributed by atoms with van der Waals surface area (Å²) >= 11 is 1.74. The molecule has 1 aromatic rings. The molecule has 1 fully saturated rings. The summed E-state index contributed by atoms with van der Waals surface area (Å²) in [6.07, 6.45) is 5.03. The van der Waals surface area contributed by atoms with Gasteiger partial charge in [0.2, 0.25) is 5.91 Å². The number of rotatable bonds is 4. The lowest BCUT2D eigenvalue weighted by atomic mass is 9.74. The number of nitrogens with one attached hydrogen (secondary N) is 1. The van der Waals surface area contributed by atoms with Crippen LogP contribution in [0.5, 0.6) is 0 Å². The standard InChI is InChI=1S/C15H24N2OS/c1-11(10-12-6-5-9-19-12)17-14(18)13-7-3-4-8-15(13,2)16/h5-6,9,11,13H,3-4,7-8,10,16H2,1-2H3,(H,17,18). The Hall–Kier alpha value is -0.870. The molecule has 4 heteroatoms. The third-order valence-corrected chi connectivity index (χ3v) is 4.95. The highest BCUT2D eigenvalue weighted by Gasteiger charge is 2.37. The molecule has 3 N–H and O–H groups in total. The van der Waals surface area contributed by atoms with Crippen LogP contribution in [0.1, 0.15) is 44.4 Å². The lowest BCUT2D eigenvalue weighted by Gasteiger charge is -2.37. The second kappa shape index (κ2) is 6.06. The zero-order valence-corrected chi connectivity index (χ0v) is 12.6. The molecule has 2 rings (SSSR count). The van der Waals surface area contributed by atoms with Crippen LogP contribution in [0.3, 0.4) is 0 Å². The van der Waals surface area contributed by atoms with Gasteiger partial charge >= 0.3 is 0 Å². The lowest BCUT2D eigenvalue weighted by molar-refractivity contribution is -0.128. The molecule has 0 bridgehead atoms. The largest absolute Gasteiger partial charge is 0.353 e. The molecule has 3 atom stereocenters. The van der Waals surface area contributed by atoms with Crippen molar-refractivity contribution in [3.63, 3.8) is 0 Å². The highest BCUT2D eigenvalue weighted by atomic mass is 32.1. The van der Waals surface area contributed by atoms with Crippen molar-refractivity contribution in [1.82, 2.24) is 5.32 Å². The van der Waals surface area contributed by atoms with E-state index >= 15 is 0 Å². The molecule has 0 spiro atoms. The molecule has 3 unspecified atom stereocenters. The molecule has 0 saturated heterocycles. The molecule has 1 aromatic heterocycles. The van der Waals surface area contributed by atoms with Crippen molar-refractivity contribution < 1.29 is 4.79 Å². The van der Waals surface area contributed by atoms with E-state index in [0.29, 0.717) is 0 Å². The fourth-order valence-electron chi connectivity index (χ4n) is 2.91. The van der Waals surface area contributed by atoms with Gasteiger partial charge in [0, 0.05) is 22.9 Å². The number of nitrogens with two attached hydrogens (primary N) is 1. The first kappa shape index (κ1) is 14.5. The average Bonchev–Trinajstić information content (AvgIpc) is 2.80. The number of hydrogen-bond donors (Lipinski definition) is 2. The van der Waals surface area contributed by atoms with Crippen LogP contribution in [0, 0.1) is 5.92 Å². The van der Waals surface area contributed by atoms with Crippen LogP contribution in [0.2, 0.25) is 0 Å². The van der Waals surface area contributed by atoms with Gasteiger partial charge in [-0.05, 0) is 38.1 Å². The van der Waals surface area contributed by atoms with Crippen molar-refractivity contribution in [2.24, 2.45) is 11.7 Å². The van der Waals surface area contributed by atoms with E-state index in [1.165, 1.54) is 4.88 Å². The Kier molecular flexibility index (Phi) is 4.63. The van der Waals surface area contributed by atoms with Crippen LogP contribution in [0.15, 0.2) is 17.5 Å². The minimum Gasteiger partial charge on any atom is -0.353 e. The summed E-state index contributed by atoms with van der Waals surface area (Å²) in [6.45, 7) is 4.08. The van der Waals surface area contributed by atoms with E-state index in [1.807, 2.05) is 13.0 Å². The van der Waals surface area contributed by atoms with Crippen molar-refractivity contribution in [2.45, 2.75) is 57.5 Å². The average molecular weight is 280 g/mol. The summed E-state index contributed by atoms with van der Waals surface area (Å²) in [5.41, 5.74) is 5.93. The van der Waals surface area contributed by atoms with Crippen LogP contribution >= 0.6 is 11.3 Å². The topological polar surface area (TPSA) is 55.1 Å². The lowest BCUT2D eigenvalue weighted by Crippen LogP contribution is -2.54. The molecule has 3 nitrogen and oxygen atoms in total. The predicted octanol–water partition coefficient (Wildman–Crippen LogP) is 2.70. The fraction of sp³-hybridized carbons (Fsp3) is 0.667. The maximum absolute atomic E-state index is 12.4. The summed E-state index contributed by atoms with van der Waals surface area (Å²) in [7, 11) is 0. The van der Waals surface area contributed by atoms with Gasteiger partial charge in [0.15, 0.2) is 0 Å². The van der Waals surface area contributed by atoms with Crippen molar-refractivity contribution in [3.8, 4) is 0 Å². The zero-order chi connectivity index (χ0) is 13.9. The van der Waals surface area contributed by atoms with Gasteiger partial charge < -0.3 is 11.1 Å². The molecular formula is C15H24N2OS. The van der Waals surface area contributed by atoms with Crippen molar-refractivity contribution in [2.75, 3.05) is 0 Å². The fourth-order valence-corrected chi connectivity index (χ4v) is 3.75. The molecule has 19 heavy (non-hydrogen) atoms. The van der Waals surface area contributed by atoms with Gasteiger partial charge in [0.1, 0.15) is 0 Å². The van der Waals surface area contributed by atoms with E-state index < -0.39 is 0 Å². The van der Waals surface area contributed by atoms with Gasteiger partial charge in [-0.2, -0.15) is 0 Å². The maximum Gasteiger partial charge on any atom is 0.225 e. The summed E-state index contributed by atoms with van der Waals surface area (Å²) in [4.78, 5) is 13.7. The Labute approximate surface area is 119 Å². The second-order valence-corrected chi connectivity index (χ2v) is 7.03. The number of hydrogen-bond acceptors (Lipinski definition) is 3. The molecule has 1 heterocycles. The molecular weight excluding hydrogens is 256 g/mol. The summed E-state index contributed by atoms with van der Waals surface area (Å²) in [5, 5.41) is 5.20. The van der Waals surface area contributed by atoms with Crippen LogP contribution in [0.4, 0.5) is 0 Å². The molecule has 0 aromatic carbocycles. The normalized spacial score (nSPS) is 28.9. The van der Waals surface area contributed by atoms with E-state index in [4.69, 9.17) is 5.73 Å². The maximum atomic E-state index is 12.4. The Bertz CT molecular complexity index is 414. The number of carbonyl (C=O) groups is 1. The van der Waals surface area contributed by atoms with Gasteiger partial charge in [0.05, 0.1) is 5.92 Å². The first-order chi connectivity index (χ1) is 8.99. The minimum absolute atomic E-state index is 0.0352. The molecule has 1 amide bonds. The van der Waals surface area contributed by atoms with E-state index in [0.717, 1.165) is 32.1 Å². The minimum atomic E-state index is -0.342. The first-order valence-electron chi connectivity index (χ1n) is 7.10. The van der Waals surface area contributed by atoms with E-state index in [-0.39, 0.29) is 23.4 Å². The number of thiophene rings is 1. The molecule has 0 aliphatic heterocycles. The number of carbonyl (C=O) groups excluding carboxylic acids is 1. The van der Waals surface area contributed by atoms with E-state index in [2.05, 4.69) is 23.7 Å². The van der Waals surface area contributed by atoms with Crippen molar-refractivity contribution in [1.29, 1.82) is 0 Å². The SMILES string of the molecule is CC(Cc1cccs1)NC(=O)C1CCCCC1(C)N.